The molecule has 0 heterocycles. The van der Waals surface area contributed by atoms with Crippen molar-refractivity contribution in [2.24, 2.45) is 0 Å². The first-order valence-corrected chi connectivity index (χ1v) is 11.0. The van der Waals surface area contributed by atoms with Crippen LogP contribution in [0, 0.1) is 0 Å². The quantitative estimate of drug-likeness (QED) is 0.695. The second-order valence-corrected chi connectivity index (χ2v) is 12.1. The van der Waals surface area contributed by atoms with E-state index in [2.05, 4.69) is 80.3 Å². The third kappa shape index (κ3) is 5.13. The van der Waals surface area contributed by atoms with Gasteiger partial charge in [0.25, 0.3) is 0 Å². The summed E-state index contributed by atoms with van der Waals surface area (Å²) in [6.45, 7) is 6.76. The summed E-state index contributed by atoms with van der Waals surface area (Å²) >= 11 is 0. The van der Waals surface area contributed by atoms with Crippen LogP contribution < -0.4 is 29.2 Å². The van der Waals surface area contributed by atoms with Crippen molar-refractivity contribution in [3.8, 4) is 0 Å². The van der Waals surface area contributed by atoms with Crippen LogP contribution in [-0.4, -0.2) is 17.4 Å². The largest absolute Gasteiger partial charge is 1.00 e. The van der Waals surface area contributed by atoms with Gasteiger partial charge in [0, 0.05) is 0 Å². The third-order valence-corrected chi connectivity index (χ3v) is 7.46. The van der Waals surface area contributed by atoms with Gasteiger partial charge in [0.1, 0.15) is 8.32 Å². The molecular formula is C15H19LiOSi2. The van der Waals surface area contributed by atoms with Crippen LogP contribution in [0.15, 0.2) is 60.7 Å². The van der Waals surface area contributed by atoms with E-state index in [1.54, 1.807) is 0 Å². The SMILES string of the molecule is C[Si](C)(C)O[Si-](c1ccccc1)c1ccccc1.[Li+]. The minimum absolute atomic E-state index is 0. The average molecular weight is 278 g/mol. The van der Waals surface area contributed by atoms with Crippen molar-refractivity contribution in [3.05, 3.63) is 60.7 Å². The van der Waals surface area contributed by atoms with Crippen molar-refractivity contribution in [1.82, 2.24) is 0 Å². The van der Waals surface area contributed by atoms with Crippen molar-refractivity contribution in [2.75, 3.05) is 0 Å². The maximum atomic E-state index is 6.45. The molecule has 0 bridgehead atoms. The summed E-state index contributed by atoms with van der Waals surface area (Å²) < 4.78 is 6.45. The van der Waals surface area contributed by atoms with Gasteiger partial charge in [-0.15, -0.1) is 9.04 Å². The first-order chi connectivity index (χ1) is 8.56. The van der Waals surface area contributed by atoms with E-state index in [-0.39, 0.29) is 18.9 Å². The van der Waals surface area contributed by atoms with Crippen LogP contribution in [0.2, 0.25) is 19.6 Å². The first-order valence-electron chi connectivity index (χ1n) is 6.23. The second-order valence-electron chi connectivity index (χ2n) is 5.28. The Labute approximate surface area is 131 Å². The molecule has 0 aliphatic heterocycles. The Balaban J connectivity index is 0.00000180. The van der Waals surface area contributed by atoms with Gasteiger partial charge in [-0.25, -0.2) is 0 Å². The van der Waals surface area contributed by atoms with Crippen LogP contribution in [0.5, 0.6) is 0 Å². The van der Waals surface area contributed by atoms with Gasteiger partial charge in [0.15, 0.2) is 0 Å². The molecule has 0 radical (unpaired) electrons. The van der Waals surface area contributed by atoms with Crippen LogP contribution in [0.1, 0.15) is 0 Å². The standard InChI is InChI=1S/C15H19OSi2.Li/c1-18(2,3)16-17(14-10-6-4-7-11-14)15-12-8-5-9-13-15;/h4-13H,1-3H3;/q-1;+1. The predicted molar refractivity (Wildman–Crippen MR) is 82.3 cm³/mol. The summed E-state index contributed by atoms with van der Waals surface area (Å²) in [5.41, 5.74) is 0. The monoisotopic (exact) mass is 278 g/mol. The number of benzene rings is 2. The summed E-state index contributed by atoms with van der Waals surface area (Å²) in [5, 5.41) is 2.66. The summed E-state index contributed by atoms with van der Waals surface area (Å²) in [7, 11) is -2.64. The maximum absolute atomic E-state index is 6.45. The first kappa shape index (κ1) is 16.5. The van der Waals surface area contributed by atoms with Gasteiger partial charge in [-0.2, -0.15) is 10.4 Å². The molecule has 2 aromatic carbocycles. The Morgan fingerprint density at radius 2 is 1.11 bits per heavy atom. The zero-order valence-electron chi connectivity index (χ0n) is 12.2. The molecule has 94 valence electrons. The van der Waals surface area contributed by atoms with Gasteiger partial charge in [-0.05, 0) is 19.6 Å². The summed E-state index contributed by atoms with van der Waals surface area (Å²) in [6, 6.07) is 21.2. The number of hydrogen-bond donors (Lipinski definition) is 0. The zero-order valence-corrected chi connectivity index (χ0v) is 14.2. The predicted octanol–water partition coefficient (Wildman–Crippen LogP) is -0.352. The summed E-state index contributed by atoms with van der Waals surface area (Å²) in [4.78, 5) is 0. The van der Waals surface area contributed by atoms with Gasteiger partial charge < -0.3 is 4.12 Å². The molecule has 0 spiro atoms. The molecule has 0 saturated heterocycles. The molecule has 0 N–H and O–H groups in total. The normalized spacial score (nSPS) is 10.7. The Morgan fingerprint density at radius 3 is 1.42 bits per heavy atom. The minimum atomic E-state index is -1.54. The van der Waals surface area contributed by atoms with Gasteiger partial charge in [-0.3, -0.25) is 0 Å². The van der Waals surface area contributed by atoms with Gasteiger partial charge in [0.2, 0.25) is 0 Å². The molecule has 1 nitrogen and oxygen atoms in total. The van der Waals surface area contributed by atoms with E-state index >= 15 is 0 Å². The average Bonchev–Trinajstić information content (AvgIpc) is 2.37. The fourth-order valence-electron chi connectivity index (χ4n) is 1.77. The summed E-state index contributed by atoms with van der Waals surface area (Å²) in [5.74, 6) is 0. The Hall–Kier alpha value is -0.569. The van der Waals surface area contributed by atoms with E-state index in [0.717, 1.165) is 0 Å². The van der Waals surface area contributed by atoms with Crippen LogP contribution >= 0.6 is 0 Å². The fourth-order valence-corrected chi connectivity index (χ4v) is 6.49. The van der Waals surface area contributed by atoms with Crippen LogP contribution in [-0.2, 0) is 4.12 Å². The van der Waals surface area contributed by atoms with Crippen molar-refractivity contribution in [2.45, 2.75) is 19.6 Å². The van der Waals surface area contributed by atoms with E-state index in [0.29, 0.717) is 0 Å². The molecule has 0 saturated carbocycles. The van der Waals surface area contributed by atoms with Crippen LogP contribution in [0.3, 0.4) is 0 Å². The topological polar surface area (TPSA) is 9.23 Å². The Morgan fingerprint density at radius 1 is 0.737 bits per heavy atom. The molecule has 4 heteroatoms. The third-order valence-electron chi connectivity index (χ3n) is 2.48. The fraction of sp³-hybridized carbons (Fsp3) is 0.200. The molecule has 2 rings (SSSR count). The summed E-state index contributed by atoms with van der Waals surface area (Å²) in [6.07, 6.45) is 0. The molecule has 0 aliphatic rings. The molecular weight excluding hydrogens is 259 g/mol. The van der Waals surface area contributed by atoms with Crippen molar-refractivity contribution in [3.63, 3.8) is 0 Å². The Bertz CT molecular complexity index is 443. The van der Waals surface area contributed by atoms with E-state index < -0.39 is 17.4 Å². The molecule has 0 amide bonds. The van der Waals surface area contributed by atoms with Gasteiger partial charge >= 0.3 is 18.9 Å². The van der Waals surface area contributed by atoms with Crippen molar-refractivity contribution < 1.29 is 23.0 Å². The van der Waals surface area contributed by atoms with E-state index in [9.17, 15) is 0 Å². The van der Waals surface area contributed by atoms with Crippen LogP contribution in [0.4, 0.5) is 0 Å². The number of rotatable bonds is 4. The maximum Gasteiger partial charge on any atom is 1.00 e. The van der Waals surface area contributed by atoms with Crippen LogP contribution in [0.25, 0.3) is 0 Å². The molecule has 0 aromatic heterocycles. The van der Waals surface area contributed by atoms with Crippen molar-refractivity contribution in [1.29, 1.82) is 0 Å². The molecule has 0 aliphatic carbocycles. The van der Waals surface area contributed by atoms with Gasteiger partial charge in [0.05, 0.1) is 0 Å². The van der Waals surface area contributed by atoms with Crippen molar-refractivity contribution >= 4 is 27.7 Å². The zero-order chi connectivity index (χ0) is 13.0. The van der Waals surface area contributed by atoms with E-state index in [1.807, 2.05) is 0 Å². The van der Waals surface area contributed by atoms with E-state index in [1.165, 1.54) is 10.4 Å². The smallest absolute Gasteiger partial charge is 0.602 e. The second kappa shape index (κ2) is 7.28. The Kier molecular flexibility index (Phi) is 6.31. The molecule has 19 heavy (non-hydrogen) atoms. The molecule has 0 atom stereocenters. The molecule has 0 fully saturated rings. The molecule has 0 unspecified atom stereocenters. The van der Waals surface area contributed by atoms with Gasteiger partial charge in [-0.1, -0.05) is 60.7 Å². The number of hydrogen-bond acceptors (Lipinski definition) is 1. The van der Waals surface area contributed by atoms with E-state index in [4.69, 9.17) is 4.12 Å². The molecule has 2 aromatic rings. The minimum Gasteiger partial charge on any atom is -0.602 e.